The Balaban J connectivity index is 2.08. The molecule has 1 amide bonds. The van der Waals surface area contributed by atoms with Crippen molar-refractivity contribution >= 4 is 23.2 Å². The highest BCUT2D eigenvalue weighted by atomic mass is 32.1. The molecule has 0 bridgehead atoms. The molecular formula is C13H17NO4S. The number of hydrogen-bond acceptors (Lipinski definition) is 4. The molecule has 19 heavy (non-hydrogen) atoms. The van der Waals surface area contributed by atoms with Crippen molar-refractivity contribution in [2.75, 3.05) is 20.2 Å². The van der Waals surface area contributed by atoms with E-state index in [1.165, 1.54) is 18.4 Å². The second-order valence-corrected chi connectivity index (χ2v) is 5.70. The lowest BCUT2D eigenvalue weighted by molar-refractivity contribution is -0.145. The van der Waals surface area contributed by atoms with Gasteiger partial charge in [-0.25, -0.2) is 0 Å². The van der Waals surface area contributed by atoms with Gasteiger partial charge >= 0.3 is 5.97 Å². The molecule has 1 aromatic heterocycles. The van der Waals surface area contributed by atoms with Gasteiger partial charge in [0, 0.05) is 13.1 Å². The minimum atomic E-state index is -0.770. The Morgan fingerprint density at radius 2 is 2.26 bits per heavy atom. The van der Waals surface area contributed by atoms with E-state index >= 15 is 0 Å². The van der Waals surface area contributed by atoms with Crippen LogP contribution in [0, 0.1) is 11.8 Å². The maximum absolute atomic E-state index is 12.4. The lowest BCUT2D eigenvalue weighted by Crippen LogP contribution is -2.44. The predicted octanol–water partition coefficient (Wildman–Crippen LogP) is 1.94. The van der Waals surface area contributed by atoms with E-state index in [0.29, 0.717) is 30.1 Å². The van der Waals surface area contributed by atoms with Crippen molar-refractivity contribution in [1.82, 2.24) is 4.90 Å². The summed E-state index contributed by atoms with van der Waals surface area (Å²) in [5.41, 5.74) is 0. The fourth-order valence-electron chi connectivity index (χ4n) is 2.45. The monoisotopic (exact) mass is 283 g/mol. The molecule has 104 valence electrons. The first-order valence-electron chi connectivity index (χ1n) is 6.18. The number of nitrogens with zero attached hydrogens (tertiary/aromatic N) is 1. The summed E-state index contributed by atoms with van der Waals surface area (Å²) >= 11 is 1.35. The molecule has 0 aliphatic carbocycles. The number of ether oxygens (including phenoxy) is 1. The minimum Gasteiger partial charge on any atom is -0.495 e. The summed E-state index contributed by atoms with van der Waals surface area (Å²) in [7, 11) is 1.54. The van der Waals surface area contributed by atoms with Crippen molar-refractivity contribution in [3.8, 4) is 5.75 Å². The number of piperidine rings is 1. The van der Waals surface area contributed by atoms with E-state index in [4.69, 9.17) is 9.84 Å². The van der Waals surface area contributed by atoms with E-state index in [1.807, 2.05) is 12.3 Å². The highest BCUT2D eigenvalue weighted by molar-refractivity contribution is 7.12. The first kappa shape index (κ1) is 13.9. The summed E-state index contributed by atoms with van der Waals surface area (Å²) in [6, 6.07) is 1.77. The summed E-state index contributed by atoms with van der Waals surface area (Å²) < 4.78 is 5.15. The Kier molecular flexibility index (Phi) is 4.09. The molecule has 2 rings (SSSR count). The lowest BCUT2D eigenvalue weighted by Gasteiger charge is -2.34. The standard InChI is InChI=1S/C13H17NO4S/c1-8-7-14(5-3-9(8)13(16)17)12(15)11-10(18-2)4-6-19-11/h4,6,8-9H,3,5,7H2,1-2H3,(H,16,17). The van der Waals surface area contributed by atoms with Crippen molar-refractivity contribution in [3.05, 3.63) is 16.3 Å². The zero-order valence-corrected chi connectivity index (χ0v) is 11.8. The second-order valence-electron chi connectivity index (χ2n) is 4.78. The van der Waals surface area contributed by atoms with Crippen molar-refractivity contribution < 1.29 is 19.4 Å². The topological polar surface area (TPSA) is 66.8 Å². The molecule has 1 N–H and O–H groups in total. The number of hydrogen-bond donors (Lipinski definition) is 1. The van der Waals surface area contributed by atoms with Crippen LogP contribution < -0.4 is 4.74 Å². The van der Waals surface area contributed by atoms with E-state index in [2.05, 4.69) is 0 Å². The average Bonchev–Trinajstić information content (AvgIpc) is 2.85. The lowest BCUT2D eigenvalue weighted by atomic mass is 9.87. The Morgan fingerprint density at radius 1 is 1.53 bits per heavy atom. The van der Waals surface area contributed by atoms with E-state index in [0.717, 1.165) is 0 Å². The van der Waals surface area contributed by atoms with Crippen molar-refractivity contribution in [2.24, 2.45) is 11.8 Å². The number of carbonyl (C=O) groups is 2. The van der Waals surface area contributed by atoms with Gasteiger partial charge in [0.05, 0.1) is 13.0 Å². The van der Waals surface area contributed by atoms with Crippen LogP contribution in [0.1, 0.15) is 23.0 Å². The average molecular weight is 283 g/mol. The number of thiophene rings is 1. The normalized spacial score (nSPS) is 23.2. The van der Waals surface area contributed by atoms with Crippen LogP contribution in [0.4, 0.5) is 0 Å². The Morgan fingerprint density at radius 3 is 2.84 bits per heavy atom. The number of amides is 1. The smallest absolute Gasteiger partial charge is 0.306 e. The van der Waals surface area contributed by atoms with Gasteiger partial charge in [0.1, 0.15) is 10.6 Å². The second kappa shape index (κ2) is 5.61. The number of carboxylic acid groups (broad SMARTS) is 1. The highest BCUT2D eigenvalue weighted by Crippen LogP contribution is 2.29. The zero-order valence-electron chi connectivity index (χ0n) is 11.0. The van der Waals surface area contributed by atoms with E-state index in [-0.39, 0.29) is 17.7 Å². The molecule has 1 aliphatic heterocycles. The van der Waals surface area contributed by atoms with Crippen molar-refractivity contribution in [1.29, 1.82) is 0 Å². The minimum absolute atomic E-state index is 0.0267. The number of likely N-dealkylation sites (tertiary alicyclic amines) is 1. The highest BCUT2D eigenvalue weighted by Gasteiger charge is 2.34. The molecule has 1 saturated heterocycles. The van der Waals surface area contributed by atoms with Crippen LogP contribution in [0.2, 0.25) is 0 Å². The molecule has 5 nitrogen and oxygen atoms in total. The van der Waals surface area contributed by atoms with Gasteiger partial charge in [-0.3, -0.25) is 9.59 Å². The van der Waals surface area contributed by atoms with Crippen molar-refractivity contribution in [3.63, 3.8) is 0 Å². The third-order valence-corrected chi connectivity index (χ3v) is 4.44. The number of rotatable bonds is 3. The van der Waals surface area contributed by atoms with E-state index in [9.17, 15) is 9.59 Å². The number of carboxylic acids is 1. The number of aliphatic carboxylic acids is 1. The van der Waals surface area contributed by atoms with Gasteiger partial charge < -0.3 is 14.7 Å². The van der Waals surface area contributed by atoms with Crippen LogP contribution in [-0.4, -0.2) is 42.1 Å². The van der Waals surface area contributed by atoms with E-state index in [1.54, 1.807) is 11.0 Å². The molecule has 1 aliphatic rings. The summed E-state index contributed by atoms with van der Waals surface area (Å²) in [6.07, 6.45) is 0.510. The maximum atomic E-state index is 12.4. The maximum Gasteiger partial charge on any atom is 0.306 e. The van der Waals surface area contributed by atoms with Gasteiger partial charge in [-0.2, -0.15) is 0 Å². The molecule has 1 aromatic rings. The molecular weight excluding hydrogens is 266 g/mol. The first-order valence-corrected chi connectivity index (χ1v) is 7.06. The van der Waals surface area contributed by atoms with Gasteiger partial charge in [0.25, 0.3) is 5.91 Å². The van der Waals surface area contributed by atoms with Crippen molar-refractivity contribution in [2.45, 2.75) is 13.3 Å². The molecule has 1 fully saturated rings. The summed E-state index contributed by atoms with van der Waals surface area (Å²) in [6.45, 7) is 2.85. The van der Waals surface area contributed by atoms with Crippen LogP contribution in [0.3, 0.4) is 0 Å². The molecule has 0 radical (unpaired) electrons. The van der Waals surface area contributed by atoms with E-state index < -0.39 is 5.97 Å². The quantitative estimate of drug-likeness (QED) is 0.920. The molecule has 0 spiro atoms. The zero-order chi connectivity index (χ0) is 14.0. The molecule has 2 unspecified atom stereocenters. The van der Waals surface area contributed by atoms with Gasteiger partial charge in [-0.15, -0.1) is 11.3 Å². The summed E-state index contributed by atoms with van der Waals surface area (Å²) in [5, 5.41) is 10.9. The molecule has 6 heteroatoms. The van der Waals surface area contributed by atoms with Gasteiger partial charge in [0.2, 0.25) is 0 Å². The SMILES string of the molecule is COc1ccsc1C(=O)N1CCC(C(=O)O)C(C)C1. The molecule has 0 saturated carbocycles. The number of methoxy groups -OCH3 is 1. The largest absolute Gasteiger partial charge is 0.495 e. The Hall–Kier alpha value is -1.56. The predicted molar refractivity (Wildman–Crippen MR) is 71.7 cm³/mol. The third kappa shape index (κ3) is 2.73. The fraction of sp³-hybridized carbons (Fsp3) is 0.538. The third-order valence-electron chi connectivity index (χ3n) is 3.55. The van der Waals surface area contributed by atoms with Gasteiger partial charge in [-0.05, 0) is 23.8 Å². The number of carbonyl (C=O) groups excluding carboxylic acids is 1. The van der Waals surface area contributed by atoms with Crippen LogP contribution in [0.15, 0.2) is 11.4 Å². The van der Waals surface area contributed by atoms with Gasteiger partial charge in [-0.1, -0.05) is 6.92 Å². The Bertz CT molecular complexity index is 485. The molecule has 2 heterocycles. The van der Waals surface area contributed by atoms with Gasteiger partial charge in [0.15, 0.2) is 0 Å². The summed E-state index contributed by atoms with van der Waals surface area (Å²) in [5.74, 6) is -0.630. The van der Waals surface area contributed by atoms with Crippen LogP contribution in [0.5, 0.6) is 5.75 Å². The van der Waals surface area contributed by atoms with Crippen LogP contribution >= 0.6 is 11.3 Å². The summed E-state index contributed by atoms with van der Waals surface area (Å²) in [4.78, 5) is 25.7. The van der Waals surface area contributed by atoms with Crippen LogP contribution in [0.25, 0.3) is 0 Å². The molecule has 0 aromatic carbocycles. The first-order chi connectivity index (χ1) is 9.04. The fourth-order valence-corrected chi connectivity index (χ4v) is 3.28. The molecule has 2 atom stereocenters. The Labute approximate surface area is 115 Å². The van der Waals surface area contributed by atoms with Crippen LogP contribution in [-0.2, 0) is 4.79 Å².